The molecule has 0 aliphatic carbocycles. The van der Waals surface area contributed by atoms with Gasteiger partial charge in [0, 0.05) is 17.5 Å². The summed E-state index contributed by atoms with van der Waals surface area (Å²) < 4.78 is 0. The molecule has 1 aromatic carbocycles. The van der Waals surface area contributed by atoms with Crippen LogP contribution in [0.1, 0.15) is 29.0 Å². The van der Waals surface area contributed by atoms with Crippen molar-refractivity contribution in [1.29, 1.82) is 0 Å². The van der Waals surface area contributed by atoms with Crippen molar-refractivity contribution in [2.24, 2.45) is 0 Å². The molecule has 1 heterocycles. The Labute approximate surface area is 119 Å². The van der Waals surface area contributed by atoms with Gasteiger partial charge in [-0.3, -0.25) is 0 Å². The summed E-state index contributed by atoms with van der Waals surface area (Å²) in [5, 5.41) is 15.7. The zero-order chi connectivity index (χ0) is 13.7. The molecule has 0 saturated carbocycles. The lowest BCUT2D eigenvalue weighted by Crippen LogP contribution is -2.31. The fourth-order valence-corrected chi connectivity index (χ4v) is 3.08. The molecular weight excluding hydrogens is 254 g/mol. The maximum atomic E-state index is 10.1. The second-order valence-corrected chi connectivity index (χ2v) is 6.03. The monoisotopic (exact) mass is 275 g/mol. The van der Waals surface area contributed by atoms with Gasteiger partial charge in [-0.2, -0.15) is 0 Å². The molecule has 0 saturated heterocycles. The molecule has 0 spiro atoms. The highest BCUT2D eigenvalue weighted by Gasteiger charge is 2.10. The predicted octanol–water partition coefficient (Wildman–Crippen LogP) is 3.31. The molecule has 19 heavy (non-hydrogen) atoms. The molecular formula is C16H21NOS. The first-order valence-electron chi connectivity index (χ1n) is 6.65. The molecule has 0 amide bonds. The summed E-state index contributed by atoms with van der Waals surface area (Å²) in [5.41, 5.74) is 2.30. The van der Waals surface area contributed by atoms with E-state index in [1.165, 1.54) is 10.4 Å². The lowest BCUT2D eigenvalue weighted by molar-refractivity contribution is 0.170. The normalized spacial score (nSPS) is 14.3. The number of aryl methyl sites for hydroxylation is 1. The maximum absolute atomic E-state index is 10.1. The smallest absolute Gasteiger partial charge is 0.0914 e. The summed E-state index contributed by atoms with van der Waals surface area (Å²) in [6, 6.07) is 12.4. The van der Waals surface area contributed by atoms with E-state index in [0.29, 0.717) is 12.6 Å². The quantitative estimate of drug-likeness (QED) is 0.847. The number of aliphatic hydroxyl groups excluding tert-OH is 1. The van der Waals surface area contributed by atoms with Crippen LogP contribution in [0.25, 0.3) is 0 Å². The van der Waals surface area contributed by atoms with Crippen molar-refractivity contribution < 1.29 is 5.11 Å². The zero-order valence-corrected chi connectivity index (χ0v) is 12.3. The van der Waals surface area contributed by atoms with Crippen LogP contribution in [-0.4, -0.2) is 17.7 Å². The molecule has 2 atom stereocenters. The number of hydrogen-bond acceptors (Lipinski definition) is 3. The SMILES string of the molecule is Cc1csc(C[C@@H](C)NC[C@H](O)c2ccccc2)c1. The van der Waals surface area contributed by atoms with Crippen LogP contribution < -0.4 is 5.32 Å². The number of benzene rings is 1. The fraction of sp³-hybridized carbons (Fsp3) is 0.375. The van der Waals surface area contributed by atoms with E-state index in [9.17, 15) is 5.11 Å². The Kier molecular flexibility index (Phi) is 5.14. The average molecular weight is 275 g/mol. The number of rotatable bonds is 6. The number of thiophene rings is 1. The third-order valence-corrected chi connectivity index (χ3v) is 4.21. The van der Waals surface area contributed by atoms with Gasteiger partial charge in [0.05, 0.1) is 6.10 Å². The van der Waals surface area contributed by atoms with Crippen LogP contribution in [0.5, 0.6) is 0 Å². The van der Waals surface area contributed by atoms with Gasteiger partial charge in [-0.15, -0.1) is 11.3 Å². The highest BCUT2D eigenvalue weighted by molar-refractivity contribution is 7.10. The van der Waals surface area contributed by atoms with Crippen molar-refractivity contribution in [3.8, 4) is 0 Å². The van der Waals surface area contributed by atoms with Crippen molar-refractivity contribution in [3.63, 3.8) is 0 Å². The van der Waals surface area contributed by atoms with E-state index in [1.54, 1.807) is 11.3 Å². The first-order chi connectivity index (χ1) is 9.15. The van der Waals surface area contributed by atoms with Crippen LogP contribution in [0.3, 0.4) is 0 Å². The first-order valence-corrected chi connectivity index (χ1v) is 7.53. The van der Waals surface area contributed by atoms with Gasteiger partial charge in [-0.25, -0.2) is 0 Å². The summed E-state index contributed by atoms with van der Waals surface area (Å²) in [7, 11) is 0. The van der Waals surface area contributed by atoms with Crippen LogP contribution in [-0.2, 0) is 6.42 Å². The topological polar surface area (TPSA) is 32.3 Å². The molecule has 1 aromatic heterocycles. The molecule has 2 rings (SSSR count). The van der Waals surface area contributed by atoms with Crippen molar-refractivity contribution in [1.82, 2.24) is 5.32 Å². The molecule has 2 aromatic rings. The summed E-state index contributed by atoms with van der Waals surface area (Å²) in [4.78, 5) is 1.40. The molecule has 3 heteroatoms. The number of nitrogens with one attached hydrogen (secondary N) is 1. The number of hydrogen-bond donors (Lipinski definition) is 2. The Balaban J connectivity index is 1.79. The molecule has 0 aliphatic heterocycles. The third kappa shape index (κ3) is 4.46. The Morgan fingerprint density at radius 2 is 2.00 bits per heavy atom. The summed E-state index contributed by atoms with van der Waals surface area (Å²) in [5.74, 6) is 0. The second kappa shape index (κ2) is 6.85. The zero-order valence-electron chi connectivity index (χ0n) is 11.5. The Morgan fingerprint density at radius 3 is 2.63 bits per heavy atom. The van der Waals surface area contributed by atoms with Crippen molar-refractivity contribution in [3.05, 3.63) is 57.8 Å². The van der Waals surface area contributed by atoms with Crippen LogP contribution in [0.4, 0.5) is 0 Å². The molecule has 0 fully saturated rings. The molecule has 0 bridgehead atoms. The molecule has 102 valence electrons. The minimum Gasteiger partial charge on any atom is -0.387 e. The highest BCUT2D eigenvalue weighted by Crippen LogP contribution is 2.16. The second-order valence-electron chi connectivity index (χ2n) is 5.03. The van der Waals surface area contributed by atoms with Crippen molar-refractivity contribution in [2.45, 2.75) is 32.4 Å². The lowest BCUT2D eigenvalue weighted by atomic mass is 10.1. The van der Waals surface area contributed by atoms with Gasteiger partial charge >= 0.3 is 0 Å². The molecule has 2 nitrogen and oxygen atoms in total. The highest BCUT2D eigenvalue weighted by atomic mass is 32.1. The van der Waals surface area contributed by atoms with E-state index in [1.807, 2.05) is 30.3 Å². The molecule has 0 radical (unpaired) electrons. The summed E-state index contributed by atoms with van der Waals surface area (Å²) >= 11 is 1.81. The molecule has 0 unspecified atom stereocenters. The Hall–Kier alpha value is -1.16. The van der Waals surface area contributed by atoms with Crippen molar-refractivity contribution in [2.75, 3.05) is 6.54 Å². The average Bonchev–Trinajstić information content (AvgIpc) is 2.82. The lowest BCUT2D eigenvalue weighted by Gasteiger charge is -2.17. The van der Waals surface area contributed by atoms with E-state index in [4.69, 9.17) is 0 Å². The predicted molar refractivity (Wildman–Crippen MR) is 81.6 cm³/mol. The van der Waals surface area contributed by atoms with Gasteiger partial charge in [-0.05, 0) is 42.8 Å². The van der Waals surface area contributed by atoms with Gasteiger partial charge in [0.2, 0.25) is 0 Å². The Bertz CT molecular complexity index is 494. The Morgan fingerprint density at radius 1 is 1.26 bits per heavy atom. The largest absolute Gasteiger partial charge is 0.387 e. The van der Waals surface area contributed by atoms with Crippen LogP contribution in [0.2, 0.25) is 0 Å². The van der Waals surface area contributed by atoms with E-state index in [-0.39, 0.29) is 0 Å². The van der Waals surface area contributed by atoms with Crippen LogP contribution in [0, 0.1) is 6.92 Å². The van der Waals surface area contributed by atoms with E-state index in [2.05, 4.69) is 30.6 Å². The number of aliphatic hydroxyl groups is 1. The first kappa shape index (κ1) is 14.3. The van der Waals surface area contributed by atoms with Crippen LogP contribution in [0.15, 0.2) is 41.8 Å². The minimum atomic E-state index is -0.436. The minimum absolute atomic E-state index is 0.372. The molecule has 0 aliphatic rings. The molecule has 2 N–H and O–H groups in total. The third-order valence-electron chi connectivity index (χ3n) is 3.14. The van der Waals surface area contributed by atoms with Gasteiger partial charge in [-0.1, -0.05) is 30.3 Å². The van der Waals surface area contributed by atoms with E-state index in [0.717, 1.165) is 12.0 Å². The van der Waals surface area contributed by atoms with Crippen molar-refractivity contribution >= 4 is 11.3 Å². The standard InChI is InChI=1S/C16H21NOS/c1-12-8-15(19-11-12)9-13(2)17-10-16(18)14-6-4-3-5-7-14/h3-8,11,13,16-18H,9-10H2,1-2H3/t13-,16+/m1/s1. The van der Waals surface area contributed by atoms with Crippen LogP contribution >= 0.6 is 11.3 Å². The summed E-state index contributed by atoms with van der Waals surface area (Å²) in [6.07, 6.45) is 0.578. The fourth-order valence-electron chi connectivity index (χ4n) is 2.08. The summed E-state index contributed by atoms with van der Waals surface area (Å²) in [6.45, 7) is 4.87. The van der Waals surface area contributed by atoms with Gasteiger partial charge in [0.1, 0.15) is 0 Å². The van der Waals surface area contributed by atoms with Gasteiger partial charge in [0.25, 0.3) is 0 Å². The van der Waals surface area contributed by atoms with E-state index < -0.39 is 6.10 Å². The van der Waals surface area contributed by atoms with E-state index >= 15 is 0 Å². The van der Waals surface area contributed by atoms with Gasteiger partial charge in [0.15, 0.2) is 0 Å². The maximum Gasteiger partial charge on any atom is 0.0914 e. The van der Waals surface area contributed by atoms with Gasteiger partial charge < -0.3 is 10.4 Å².